The molecule has 6 nitrogen and oxygen atoms in total. The Bertz CT molecular complexity index is 252. The van der Waals surface area contributed by atoms with E-state index in [2.05, 4.69) is 0 Å². The minimum Gasteiger partial charge on any atom is -0.427 e. The molecule has 0 amide bonds. The number of nitrogens with two attached hydrogens (primary N) is 2. The van der Waals surface area contributed by atoms with E-state index >= 15 is 0 Å². The second kappa shape index (κ2) is 4.99. The lowest BCUT2D eigenvalue weighted by Gasteiger charge is -2.24. The average molecular weight is 231 g/mol. The smallest absolute Gasteiger partial charge is 0.427 e. The zero-order chi connectivity index (χ0) is 12.3. The lowest BCUT2D eigenvalue weighted by molar-refractivity contribution is -0.149. The molecule has 16 heavy (non-hydrogen) atoms. The molecule has 0 bridgehead atoms. The normalized spacial score (nSPS) is 26.8. The first-order valence-electron chi connectivity index (χ1n) is 5.45. The first kappa shape index (κ1) is 13.2. The molecule has 0 spiro atoms. The van der Waals surface area contributed by atoms with Gasteiger partial charge in [-0.1, -0.05) is 0 Å². The van der Waals surface area contributed by atoms with Crippen molar-refractivity contribution < 1.29 is 14.4 Å². The number of ether oxygens (including phenoxy) is 1. The van der Waals surface area contributed by atoms with Gasteiger partial charge in [0.25, 0.3) is 0 Å². The van der Waals surface area contributed by atoms with Crippen molar-refractivity contribution in [2.45, 2.75) is 44.9 Å². The lowest BCUT2D eigenvalue weighted by atomic mass is 10.2. The lowest BCUT2D eigenvalue weighted by Crippen LogP contribution is -2.39. The molecule has 94 valence electrons. The van der Waals surface area contributed by atoms with Gasteiger partial charge >= 0.3 is 6.16 Å². The van der Waals surface area contributed by atoms with Gasteiger partial charge in [-0.25, -0.2) is 4.79 Å². The summed E-state index contributed by atoms with van der Waals surface area (Å²) in [6.45, 7) is 6.26. The highest BCUT2D eigenvalue weighted by Crippen LogP contribution is 2.17. The van der Waals surface area contributed by atoms with E-state index in [1.807, 2.05) is 0 Å². The number of hydroxylamine groups is 2. The Morgan fingerprint density at radius 1 is 1.50 bits per heavy atom. The van der Waals surface area contributed by atoms with Gasteiger partial charge in [-0.05, 0) is 27.2 Å². The highest BCUT2D eigenvalue weighted by Gasteiger charge is 2.33. The molecule has 4 N–H and O–H groups in total. The molecule has 2 unspecified atom stereocenters. The molecule has 1 fully saturated rings. The summed E-state index contributed by atoms with van der Waals surface area (Å²) in [4.78, 5) is 16.5. The van der Waals surface area contributed by atoms with Crippen LogP contribution in [0.4, 0.5) is 4.79 Å². The summed E-state index contributed by atoms with van der Waals surface area (Å²) in [6.07, 6.45) is 0.0271. The number of hydrogen-bond donors (Lipinski definition) is 2. The summed E-state index contributed by atoms with van der Waals surface area (Å²) in [5.41, 5.74) is 10.8. The second-order valence-corrected chi connectivity index (χ2v) is 5.04. The third kappa shape index (κ3) is 3.96. The van der Waals surface area contributed by atoms with E-state index in [0.717, 1.165) is 6.42 Å². The van der Waals surface area contributed by atoms with Crippen LogP contribution in [0.15, 0.2) is 0 Å². The number of carbonyl (C=O) groups excluding carboxylic acids is 1. The van der Waals surface area contributed by atoms with Crippen LogP contribution < -0.4 is 11.5 Å². The van der Waals surface area contributed by atoms with Crippen molar-refractivity contribution >= 4 is 6.16 Å². The Morgan fingerprint density at radius 2 is 2.12 bits per heavy atom. The molecule has 0 saturated carbocycles. The minimum atomic E-state index is -0.708. The molecule has 0 aromatic heterocycles. The molecule has 6 heteroatoms. The van der Waals surface area contributed by atoms with Gasteiger partial charge in [0.2, 0.25) is 0 Å². The number of carbonyl (C=O) groups is 1. The maximum Gasteiger partial charge on any atom is 0.528 e. The van der Waals surface area contributed by atoms with Crippen LogP contribution in [0.1, 0.15) is 27.2 Å². The molecule has 1 aliphatic rings. The fraction of sp³-hybridized carbons (Fsp3) is 0.900. The van der Waals surface area contributed by atoms with Crippen LogP contribution in [0.5, 0.6) is 0 Å². The molecule has 1 heterocycles. The van der Waals surface area contributed by atoms with Gasteiger partial charge in [-0.15, -0.1) is 5.06 Å². The molecule has 0 aliphatic carbocycles. The van der Waals surface area contributed by atoms with Gasteiger partial charge in [0.05, 0.1) is 12.6 Å². The molecule has 1 rings (SSSR count). The van der Waals surface area contributed by atoms with Crippen molar-refractivity contribution in [3.63, 3.8) is 0 Å². The van der Waals surface area contributed by atoms with E-state index in [9.17, 15) is 4.79 Å². The molecule has 0 aromatic rings. The van der Waals surface area contributed by atoms with Crippen molar-refractivity contribution in [2.24, 2.45) is 11.5 Å². The van der Waals surface area contributed by atoms with E-state index < -0.39 is 11.8 Å². The van der Waals surface area contributed by atoms with Crippen molar-refractivity contribution in [1.29, 1.82) is 0 Å². The third-order valence-electron chi connectivity index (χ3n) is 2.25. The summed E-state index contributed by atoms with van der Waals surface area (Å²) < 4.78 is 5.04. The topological polar surface area (TPSA) is 90.8 Å². The largest absolute Gasteiger partial charge is 0.528 e. The van der Waals surface area contributed by atoms with Gasteiger partial charge in [0, 0.05) is 12.6 Å². The summed E-state index contributed by atoms with van der Waals surface area (Å²) >= 11 is 0. The maximum atomic E-state index is 11.4. The van der Waals surface area contributed by atoms with Crippen molar-refractivity contribution in [3.05, 3.63) is 0 Å². The quantitative estimate of drug-likeness (QED) is 0.660. The molecular weight excluding hydrogens is 210 g/mol. The van der Waals surface area contributed by atoms with Crippen LogP contribution >= 0.6 is 0 Å². The molecule has 1 saturated heterocycles. The van der Waals surface area contributed by atoms with Crippen molar-refractivity contribution in [1.82, 2.24) is 5.06 Å². The Kier molecular flexibility index (Phi) is 4.12. The Labute approximate surface area is 95.8 Å². The third-order valence-corrected chi connectivity index (χ3v) is 2.25. The van der Waals surface area contributed by atoms with Crippen LogP contribution in [0.2, 0.25) is 0 Å². The summed E-state index contributed by atoms with van der Waals surface area (Å²) in [5, 5.41) is 1.51. The molecular formula is C10H21N3O3. The molecule has 0 radical (unpaired) electrons. The molecule has 0 aromatic carbocycles. The predicted molar refractivity (Wildman–Crippen MR) is 59.5 cm³/mol. The first-order valence-corrected chi connectivity index (χ1v) is 5.45. The van der Waals surface area contributed by atoms with E-state index in [-0.39, 0.29) is 12.1 Å². The van der Waals surface area contributed by atoms with Crippen LogP contribution in [-0.2, 0) is 9.57 Å². The number of hydrogen-bond acceptors (Lipinski definition) is 6. The first-order chi connectivity index (χ1) is 7.31. The van der Waals surface area contributed by atoms with Gasteiger partial charge in [-0.2, -0.15) is 0 Å². The van der Waals surface area contributed by atoms with Crippen LogP contribution in [0.3, 0.4) is 0 Å². The van der Waals surface area contributed by atoms with Gasteiger partial charge in [0.15, 0.2) is 0 Å². The highest BCUT2D eigenvalue weighted by molar-refractivity contribution is 5.60. The van der Waals surface area contributed by atoms with E-state index in [1.165, 1.54) is 5.06 Å². The van der Waals surface area contributed by atoms with Crippen molar-refractivity contribution in [3.8, 4) is 0 Å². The number of nitrogens with zero attached hydrogens (tertiary/aromatic N) is 1. The zero-order valence-corrected chi connectivity index (χ0v) is 10.1. The van der Waals surface area contributed by atoms with Gasteiger partial charge in [-0.3, -0.25) is 0 Å². The molecule has 1 aliphatic heterocycles. The molecule has 2 atom stereocenters. The van der Waals surface area contributed by atoms with E-state index in [4.69, 9.17) is 21.0 Å². The second-order valence-electron chi connectivity index (χ2n) is 5.04. The summed E-state index contributed by atoms with van der Waals surface area (Å²) in [7, 11) is 0. The SMILES string of the molecule is CC(C)(C)OC(=O)ON1CC(N)CC1CN. The van der Waals surface area contributed by atoms with Crippen LogP contribution in [-0.4, -0.2) is 42.0 Å². The Balaban J connectivity index is 2.44. The van der Waals surface area contributed by atoms with Crippen molar-refractivity contribution in [2.75, 3.05) is 13.1 Å². The summed E-state index contributed by atoms with van der Waals surface area (Å²) in [6, 6.07) is -0.0153. The monoisotopic (exact) mass is 231 g/mol. The van der Waals surface area contributed by atoms with Gasteiger partial charge < -0.3 is 21.0 Å². The van der Waals surface area contributed by atoms with Gasteiger partial charge in [0.1, 0.15) is 5.60 Å². The van der Waals surface area contributed by atoms with E-state index in [0.29, 0.717) is 13.1 Å². The Hall–Kier alpha value is -0.850. The fourth-order valence-corrected chi connectivity index (χ4v) is 1.61. The summed E-state index contributed by atoms with van der Waals surface area (Å²) in [5.74, 6) is 0. The highest BCUT2D eigenvalue weighted by atomic mass is 16.8. The minimum absolute atomic E-state index is 0.00372. The average Bonchev–Trinajstić information content (AvgIpc) is 2.42. The Morgan fingerprint density at radius 3 is 2.62 bits per heavy atom. The standard InChI is InChI=1S/C10H21N3O3/c1-10(2,3)15-9(14)16-13-6-7(12)4-8(13)5-11/h7-8H,4-6,11-12H2,1-3H3. The van der Waals surface area contributed by atoms with Crippen LogP contribution in [0, 0.1) is 0 Å². The van der Waals surface area contributed by atoms with Crippen LogP contribution in [0.25, 0.3) is 0 Å². The zero-order valence-electron chi connectivity index (χ0n) is 10.1. The fourth-order valence-electron chi connectivity index (χ4n) is 1.61. The predicted octanol–water partition coefficient (Wildman–Crippen LogP) is 0.213. The maximum absolute atomic E-state index is 11.4. The van der Waals surface area contributed by atoms with E-state index in [1.54, 1.807) is 20.8 Å². The number of rotatable bonds is 2.